The van der Waals surface area contributed by atoms with Crippen LogP contribution in [0.3, 0.4) is 0 Å². The maximum absolute atomic E-state index is 12.4. The largest absolute Gasteiger partial charge is 0.320 e. The summed E-state index contributed by atoms with van der Waals surface area (Å²) in [5.74, 6) is 0. The summed E-state index contributed by atoms with van der Waals surface area (Å²) in [4.78, 5) is 14.7. The zero-order valence-electron chi connectivity index (χ0n) is 13.0. The number of hydrogen-bond donors (Lipinski definition) is 3. The number of pyridine rings is 1. The van der Waals surface area contributed by atoms with Gasteiger partial charge in [0.05, 0.1) is 21.4 Å². The molecule has 0 fully saturated rings. The number of hydrogen-bond acceptors (Lipinski definition) is 5. The first-order chi connectivity index (χ1) is 12.1. The van der Waals surface area contributed by atoms with Crippen LogP contribution in [0.4, 0.5) is 0 Å². The van der Waals surface area contributed by atoms with Crippen LogP contribution in [0.5, 0.6) is 0 Å². The second-order valence-corrected chi connectivity index (χ2v) is 8.71. The van der Waals surface area contributed by atoms with E-state index in [1.807, 2.05) is 0 Å². The third kappa shape index (κ3) is 2.33. The average Bonchev–Trinajstić information content (AvgIpc) is 2.88. The molecule has 2 aromatic heterocycles. The highest BCUT2D eigenvalue weighted by molar-refractivity contribution is 7.89. The van der Waals surface area contributed by atoms with E-state index in [4.69, 9.17) is 10.3 Å². The average molecular weight is 392 g/mol. The number of aromatic nitrogens is 2. The molecule has 4 rings (SSSR count). The molecule has 2 heterocycles. The standard InChI is InChI=1S/C15H12N4O5S2/c16-25(21,22)8-5-6-11-12(7-8)19(26(17,23)24)14-9-3-1-2-4-10(9)15(20)18-13(11)14/h1-7H,(H,18,20)(H2,16,21,22)(H2,17,23,24). The first kappa shape index (κ1) is 16.7. The molecule has 4 aromatic rings. The molecule has 0 atom stereocenters. The summed E-state index contributed by atoms with van der Waals surface area (Å²) in [5.41, 5.74) is -0.0129. The van der Waals surface area contributed by atoms with Gasteiger partial charge in [-0.2, -0.15) is 8.42 Å². The van der Waals surface area contributed by atoms with Gasteiger partial charge in [-0.3, -0.25) is 4.79 Å². The van der Waals surface area contributed by atoms with Gasteiger partial charge in [0.1, 0.15) is 0 Å². The van der Waals surface area contributed by atoms with E-state index < -0.39 is 25.8 Å². The fourth-order valence-corrected chi connectivity index (χ4v) is 4.52. The summed E-state index contributed by atoms with van der Waals surface area (Å²) in [5, 5.41) is 11.5. The molecular weight excluding hydrogens is 380 g/mol. The van der Waals surface area contributed by atoms with Crippen LogP contribution in [-0.2, 0) is 20.2 Å². The fraction of sp³-hybridized carbons (Fsp3) is 0. The SMILES string of the molecule is NS(=O)(=O)c1ccc2c3[nH]c(=O)c4ccccc4c3n(S(N)(=O)=O)c2c1. The fourth-order valence-electron chi connectivity index (χ4n) is 3.12. The van der Waals surface area contributed by atoms with Gasteiger partial charge >= 0.3 is 10.2 Å². The first-order valence-electron chi connectivity index (χ1n) is 7.24. The molecule has 0 radical (unpaired) electrons. The number of nitrogens with zero attached hydrogens (tertiary/aromatic N) is 1. The Morgan fingerprint density at radius 2 is 1.54 bits per heavy atom. The molecule has 134 valence electrons. The van der Waals surface area contributed by atoms with Gasteiger partial charge in [-0.05, 0) is 24.3 Å². The highest BCUT2D eigenvalue weighted by atomic mass is 32.2. The lowest BCUT2D eigenvalue weighted by molar-refractivity contribution is 0.591. The van der Waals surface area contributed by atoms with Crippen molar-refractivity contribution in [1.29, 1.82) is 0 Å². The van der Waals surface area contributed by atoms with Crippen LogP contribution < -0.4 is 15.8 Å². The summed E-state index contributed by atoms with van der Waals surface area (Å²) in [6, 6.07) is 10.2. The minimum absolute atomic E-state index is 0.000952. The van der Waals surface area contributed by atoms with E-state index in [0.717, 1.165) is 10.0 Å². The van der Waals surface area contributed by atoms with Crippen molar-refractivity contribution in [3.63, 3.8) is 0 Å². The molecule has 0 spiro atoms. The second kappa shape index (κ2) is 5.14. The number of aromatic amines is 1. The third-order valence-electron chi connectivity index (χ3n) is 4.15. The quantitative estimate of drug-likeness (QED) is 0.448. The topological polar surface area (TPSA) is 158 Å². The van der Waals surface area contributed by atoms with Crippen molar-refractivity contribution < 1.29 is 16.8 Å². The molecule has 0 saturated heterocycles. The van der Waals surface area contributed by atoms with E-state index in [-0.39, 0.29) is 26.8 Å². The molecule has 0 aliphatic rings. The van der Waals surface area contributed by atoms with E-state index in [1.165, 1.54) is 12.1 Å². The van der Waals surface area contributed by atoms with Gasteiger partial charge in [-0.1, -0.05) is 18.2 Å². The van der Waals surface area contributed by atoms with Crippen LogP contribution in [-0.4, -0.2) is 25.8 Å². The number of rotatable bonds is 2. The molecule has 9 nitrogen and oxygen atoms in total. The minimum atomic E-state index is -4.32. The van der Waals surface area contributed by atoms with Gasteiger partial charge in [0.25, 0.3) is 5.56 Å². The lowest BCUT2D eigenvalue weighted by Crippen LogP contribution is -2.22. The Hall–Kier alpha value is -2.73. The molecule has 0 saturated carbocycles. The zero-order valence-corrected chi connectivity index (χ0v) is 14.6. The van der Waals surface area contributed by atoms with E-state index in [2.05, 4.69) is 4.98 Å². The van der Waals surface area contributed by atoms with E-state index in [9.17, 15) is 21.6 Å². The molecule has 0 bridgehead atoms. The van der Waals surface area contributed by atoms with Crippen molar-refractivity contribution in [3.05, 3.63) is 52.8 Å². The Labute approximate surface area is 147 Å². The van der Waals surface area contributed by atoms with Crippen LogP contribution >= 0.6 is 0 Å². The van der Waals surface area contributed by atoms with E-state index in [1.54, 1.807) is 24.3 Å². The highest BCUT2D eigenvalue weighted by Crippen LogP contribution is 2.33. The normalized spacial score (nSPS) is 13.0. The number of nitrogens with one attached hydrogen (secondary N) is 1. The van der Waals surface area contributed by atoms with Crippen LogP contribution in [0.15, 0.2) is 52.2 Å². The van der Waals surface area contributed by atoms with Crippen molar-refractivity contribution in [2.45, 2.75) is 4.90 Å². The molecule has 0 aliphatic heterocycles. The van der Waals surface area contributed by atoms with Gasteiger partial charge in [0, 0.05) is 16.2 Å². The number of benzene rings is 2. The number of fused-ring (bicyclic) bond motifs is 5. The summed E-state index contributed by atoms with van der Waals surface area (Å²) in [6.07, 6.45) is 0. The highest BCUT2D eigenvalue weighted by Gasteiger charge is 2.23. The predicted molar refractivity (Wildman–Crippen MR) is 97.4 cm³/mol. The smallest absolute Gasteiger partial charge is 0.303 e. The Balaban J connectivity index is 2.40. The molecule has 5 N–H and O–H groups in total. The van der Waals surface area contributed by atoms with Crippen LogP contribution in [0.2, 0.25) is 0 Å². The summed E-state index contributed by atoms with van der Waals surface area (Å²) in [6.45, 7) is 0. The van der Waals surface area contributed by atoms with Crippen LogP contribution in [0.1, 0.15) is 0 Å². The maximum atomic E-state index is 12.4. The summed E-state index contributed by atoms with van der Waals surface area (Å²) >= 11 is 0. The van der Waals surface area contributed by atoms with Gasteiger partial charge in [0.15, 0.2) is 0 Å². The van der Waals surface area contributed by atoms with Crippen molar-refractivity contribution >= 4 is 52.9 Å². The van der Waals surface area contributed by atoms with E-state index in [0.29, 0.717) is 10.8 Å². The summed E-state index contributed by atoms with van der Waals surface area (Å²) < 4.78 is 48.7. The molecule has 0 aliphatic carbocycles. The van der Waals surface area contributed by atoms with Crippen LogP contribution in [0.25, 0.3) is 32.7 Å². The van der Waals surface area contributed by atoms with Crippen LogP contribution in [0, 0.1) is 0 Å². The van der Waals surface area contributed by atoms with Crippen molar-refractivity contribution in [2.75, 3.05) is 0 Å². The van der Waals surface area contributed by atoms with Crippen molar-refractivity contribution in [2.24, 2.45) is 10.3 Å². The van der Waals surface area contributed by atoms with Gasteiger partial charge < -0.3 is 4.98 Å². The van der Waals surface area contributed by atoms with Gasteiger partial charge in [0.2, 0.25) is 10.0 Å². The molecule has 0 amide bonds. The molecule has 26 heavy (non-hydrogen) atoms. The lowest BCUT2D eigenvalue weighted by Gasteiger charge is -2.06. The third-order valence-corrected chi connectivity index (χ3v) is 5.94. The van der Waals surface area contributed by atoms with Gasteiger partial charge in [-0.25, -0.2) is 22.7 Å². The number of primary sulfonamides is 1. The predicted octanol–water partition coefficient (Wildman–Crippen LogP) is 0.335. The number of H-pyrrole nitrogens is 1. The minimum Gasteiger partial charge on any atom is -0.320 e. The van der Waals surface area contributed by atoms with Gasteiger partial charge in [-0.15, -0.1) is 0 Å². The second-order valence-electron chi connectivity index (χ2n) is 5.76. The van der Waals surface area contributed by atoms with E-state index >= 15 is 0 Å². The van der Waals surface area contributed by atoms with Crippen molar-refractivity contribution in [1.82, 2.24) is 8.96 Å². The number of nitrogens with two attached hydrogens (primary N) is 2. The Kier molecular flexibility index (Phi) is 3.31. The monoisotopic (exact) mass is 392 g/mol. The number of sulfonamides is 1. The molecule has 11 heteroatoms. The first-order valence-corrected chi connectivity index (χ1v) is 10.3. The zero-order chi connectivity index (χ0) is 18.9. The lowest BCUT2D eigenvalue weighted by atomic mass is 10.1. The van der Waals surface area contributed by atoms with Crippen molar-refractivity contribution in [3.8, 4) is 0 Å². The maximum Gasteiger partial charge on any atom is 0.303 e. The molecule has 0 unspecified atom stereocenters. The Bertz CT molecular complexity index is 1500. The Morgan fingerprint density at radius 3 is 2.15 bits per heavy atom. The molecule has 2 aromatic carbocycles. The molecular formula is C15H12N4O5S2. The summed E-state index contributed by atoms with van der Waals surface area (Å²) in [7, 11) is -8.39. The Morgan fingerprint density at radius 1 is 0.885 bits per heavy atom.